The standard InChI is InChI=1S/C21H28FN4OPS/c1-2-7-29-21-25-19(15-10-14(15)11-3-6-16(22)17(28)8-11)18(23)20(26-21)24-12-4-5-13(27)9-12/h3,6,8,12-15,27H,2,4-5,7,9-10,23,28H2,1H3,(H,24,25,26). The smallest absolute Gasteiger partial charge is 0.189 e. The van der Waals surface area contributed by atoms with Gasteiger partial charge in [-0.05, 0) is 55.7 Å². The van der Waals surface area contributed by atoms with Crippen LogP contribution in [0.3, 0.4) is 0 Å². The number of rotatable bonds is 7. The molecule has 0 spiro atoms. The lowest BCUT2D eigenvalue weighted by Gasteiger charge is -2.17. The number of hydrogen-bond donors (Lipinski definition) is 3. The van der Waals surface area contributed by atoms with Gasteiger partial charge in [0, 0.05) is 23.0 Å². The number of aromatic nitrogens is 2. The summed E-state index contributed by atoms with van der Waals surface area (Å²) in [5.41, 5.74) is 9.12. The molecule has 2 saturated carbocycles. The van der Waals surface area contributed by atoms with E-state index >= 15 is 0 Å². The van der Waals surface area contributed by atoms with E-state index in [1.54, 1.807) is 11.8 Å². The second-order valence-corrected chi connectivity index (χ2v) is 9.72. The molecule has 2 aliphatic rings. The highest BCUT2D eigenvalue weighted by molar-refractivity contribution is 7.99. The van der Waals surface area contributed by atoms with Crippen LogP contribution in [-0.2, 0) is 0 Å². The van der Waals surface area contributed by atoms with Gasteiger partial charge in [0.1, 0.15) is 5.82 Å². The van der Waals surface area contributed by atoms with Crippen molar-refractivity contribution in [1.82, 2.24) is 9.97 Å². The quantitative estimate of drug-likeness (QED) is 0.349. The molecule has 0 aliphatic heterocycles. The number of nitrogens with one attached hydrogen (secondary N) is 1. The molecule has 4 rings (SSSR count). The van der Waals surface area contributed by atoms with Gasteiger partial charge in [-0.3, -0.25) is 0 Å². The normalized spacial score (nSPS) is 25.9. The molecule has 2 fully saturated rings. The molecule has 5 unspecified atom stereocenters. The van der Waals surface area contributed by atoms with Gasteiger partial charge in [0.2, 0.25) is 0 Å². The van der Waals surface area contributed by atoms with Crippen molar-refractivity contribution in [2.24, 2.45) is 0 Å². The molecule has 29 heavy (non-hydrogen) atoms. The van der Waals surface area contributed by atoms with Crippen molar-refractivity contribution in [2.45, 2.75) is 68.2 Å². The lowest BCUT2D eigenvalue weighted by molar-refractivity contribution is 0.182. The molecular formula is C21H28FN4OPS. The number of aliphatic hydroxyl groups is 1. The van der Waals surface area contributed by atoms with E-state index in [0.29, 0.717) is 22.7 Å². The number of anilines is 2. The van der Waals surface area contributed by atoms with E-state index in [2.05, 4.69) is 26.5 Å². The van der Waals surface area contributed by atoms with Gasteiger partial charge in [-0.2, -0.15) is 0 Å². The average molecular weight is 435 g/mol. The van der Waals surface area contributed by atoms with Crippen LogP contribution < -0.4 is 16.4 Å². The third kappa shape index (κ3) is 4.68. The van der Waals surface area contributed by atoms with E-state index in [-0.39, 0.29) is 23.9 Å². The van der Waals surface area contributed by atoms with Gasteiger partial charge in [-0.1, -0.05) is 24.8 Å². The highest BCUT2D eigenvalue weighted by Crippen LogP contribution is 2.56. The van der Waals surface area contributed by atoms with Gasteiger partial charge in [0.15, 0.2) is 11.0 Å². The molecule has 0 radical (unpaired) electrons. The second-order valence-electron chi connectivity index (χ2n) is 8.04. The van der Waals surface area contributed by atoms with E-state index in [1.807, 2.05) is 12.1 Å². The summed E-state index contributed by atoms with van der Waals surface area (Å²) in [7, 11) is 2.46. The van der Waals surface area contributed by atoms with E-state index in [0.717, 1.165) is 54.3 Å². The van der Waals surface area contributed by atoms with Crippen molar-refractivity contribution < 1.29 is 9.50 Å². The molecule has 2 aromatic rings. The zero-order valence-electron chi connectivity index (χ0n) is 16.6. The largest absolute Gasteiger partial charge is 0.394 e. The second kappa shape index (κ2) is 8.75. The van der Waals surface area contributed by atoms with Crippen LogP contribution in [0.15, 0.2) is 23.4 Å². The molecule has 1 aromatic carbocycles. The summed E-state index contributed by atoms with van der Waals surface area (Å²) in [6, 6.07) is 5.47. The number of nitrogens with two attached hydrogens (primary N) is 1. The Morgan fingerprint density at radius 1 is 1.28 bits per heavy atom. The summed E-state index contributed by atoms with van der Waals surface area (Å²) >= 11 is 1.64. The molecule has 8 heteroatoms. The Morgan fingerprint density at radius 3 is 2.79 bits per heavy atom. The fraction of sp³-hybridized carbons (Fsp3) is 0.524. The number of benzene rings is 1. The van der Waals surface area contributed by atoms with Crippen molar-refractivity contribution in [1.29, 1.82) is 0 Å². The molecular weight excluding hydrogens is 406 g/mol. The first kappa shape index (κ1) is 20.8. The Hall–Kier alpha value is -1.43. The monoisotopic (exact) mass is 434 g/mol. The third-order valence-corrected chi connectivity index (χ3v) is 7.22. The maximum absolute atomic E-state index is 13.6. The van der Waals surface area contributed by atoms with Crippen molar-refractivity contribution in [2.75, 3.05) is 16.8 Å². The number of hydrogen-bond acceptors (Lipinski definition) is 6. The van der Waals surface area contributed by atoms with Crippen LogP contribution in [0.4, 0.5) is 15.9 Å². The number of aliphatic hydroxyl groups excluding tert-OH is 1. The minimum Gasteiger partial charge on any atom is -0.394 e. The van der Waals surface area contributed by atoms with Crippen LogP contribution in [0.25, 0.3) is 0 Å². The molecule has 5 nitrogen and oxygen atoms in total. The van der Waals surface area contributed by atoms with Crippen molar-refractivity contribution >= 4 is 37.8 Å². The fourth-order valence-electron chi connectivity index (χ4n) is 4.06. The number of thioether (sulfide) groups is 1. The van der Waals surface area contributed by atoms with E-state index in [9.17, 15) is 9.50 Å². The maximum Gasteiger partial charge on any atom is 0.189 e. The Bertz CT molecular complexity index is 899. The summed E-state index contributed by atoms with van der Waals surface area (Å²) in [4.78, 5) is 9.47. The number of nitrogens with zero attached hydrogens (tertiary/aromatic N) is 2. The molecule has 5 atom stereocenters. The molecule has 1 aromatic heterocycles. The van der Waals surface area contributed by atoms with E-state index in [1.165, 1.54) is 6.07 Å². The lowest BCUT2D eigenvalue weighted by Crippen LogP contribution is -2.19. The third-order valence-electron chi connectivity index (χ3n) is 5.73. The van der Waals surface area contributed by atoms with Crippen LogP contribution >= 0.6 is 21.0 Å². The predicted octanol–water partition coefficient (Wildman–Crippen LogP) is 3.80. The zero-order chi connectivity index (χ0) is 20.5. The summed E-state index contributed by atoms with van der Waals surface area (Å²) in [6.07, 6.45) is 4.18. The summed E-state index contributed by atoms with van der Waals surface area (Å²) in [5.74, 6) is 1.96. The summed E-state index contributed by atoms with van der Waals surface area (Å²) < 4.78 is 13.6. The first-order chi connectivity index (χ1) is 14.0. The van der Waals surface area contributed by atoms with Gasteiger partial charge < -0.3 is 16.2 Å². The lowest BCUT2D eigenvalue weighted by atomic mass is 10.1. The first-order valence-electron chi connectivity index (χ1n) is 10.3. The Kier molecular flexibility index (Phi) is 6.28. The maximum atomic E-state index is 13.6. The topological polar surface area (TPSA) is 84.1 Å². The molecule has 2 aliphatic carbocycles. The molecule has 0 saturated heterocycles. The molecule has 1 heterocycles. The number of nitrogen functional groups attached to an aromatic ring is 1. The van der Waals surface area contributed by atoms with Gasteiger partial charge >= 0.3 is 0 Å². The Morgan fingerprint density at radius 2 is 2.10 bits per heavy atom. The van der Waals surface area contributed by atoms with Gasteiger partial charge in [-0.25, -0.2) is 14.4 Å². The van der Waals surface area contributed by atoms with E-state index in [4.69, 9.17) is 10.7 Å². The molecule has 156 valence electrons. The van der Waals surface area contributed by atoms with Gasteiger partial charge in [0.05, 0.1) is 17.5 Å². The predicted molar refractivity (Wildman–Crippen MR) is 121 cm³/mol. The molecule has 0 bridgehead atoms. The first-order valence-corrected chi connectivity index (χ1v) is 11.8. The minimum absolute atomic E-state index is 0.186. The van der Waals surface area contributed by atoms with Crippen LogP contribution in [0.2, 0.25) is 0 Å². The van der Waals surface area contributed by atoms with E-state index < -0.39 is 0 Å². The summed E-state index contributed by atoms with van der Waals surface area (Å²) in [6.45, 7) is 2.14. The highest BCUT2D eigenvalue weighted by atomic mass is 32.2. The molecule has 4 N–H and O–H groups in total. The van der Waals surface area contributed by atoms with Crippen LogP contribution in [0.5, 0.6) is 0 Å². The van der Waals surface area contributed by atoms with Crippen LogP contribution in [0.1, 0.15) is 62.1 Å². The van der Waals surface area contributed by atoms with Crippen molar-refractivity contribution in [3.63, 3.8) is 0 Å². The van der Waals surface area contributed by atoms with Gasteiger partial charge in [-0.15, -0.1) is 9.24 Å². The van der Waals surface area contributed by atoms with Crippen molar-refractivity contribution in [3.05, 3.63) is 35.3 Å². The Labute approximate surface area is 177 Å². The Balaban J connectivity index is 1.59. The van der Waals surface area contributed by atoms with Crippen molar-refractivity contribution in [3.8, 4) is 0 Å². The summed E-state index contributed by atoms with van der Waals surface area (Å²) in [5, 5.41) is 14.6. The molecule has 0 amide bonds. The number of halogens is 1. The van der Waals surface area contributed by atoms with Crippen LogP contribution in [0, 0.1) is 5.82 Å². The highest BCUT2D eigenvalue weighted by Gasteiger charge is 2.43. The minimum atomic E-state index is -0.253. The SMILES string of the molecule is CCCSc1nc(NC2CCC(O)C2)c(N)c(C2CC2c2ccc(F)c(P)c2)n1. The zero-order valence-corrected chi connectivity index (χ0v) is 18.5. The fourth-order valence-corrected chi connectivity index (χ4v) is 5.05. The van der Waals surface area contributed by atoms with Crippen LogP contribution in [-0.4, -0.2) is 33.0 Å². The average Bonchev–Trinajstić information content (AvgIpc) is 3.39. The van der Waals surface area contributed by atoms with Gasteiger partial charge in [0.25, 0.3) is 0 Å².